The fourth-order valence-electron chi connectivity index (χ4n) is 2.64. The molecule has 0 saturated carbocycles. The number of amides is 1. The zero-order chi connectivity index (χ0) is 15.9. The fourth-order valence-corrected chi connectivity index (χ4v) is 2.64. The van der Waals surface area contributed by atoms with Crippen molar-refractivity contribution in [2.45, 2.75) is 39.7 Å². The lowest BCUT2D eigenvalue weighted by Crippen LogP contribution is -2.32. The predicted molar refractivity (Wildman–Crippen MR) is 91.7 cm³/mol. The van der Waals surface area contributed by atoms with Gasteiger partial charge in [-0.05, 0) is 24.0 Å². The lowest BCUT2D eigenvalue weighted by Gasteiger charge is -2.23. The Morgan fingerprint density at radius 3 is 2.27 bits per heavy atom. The van der Waals surface area contributed by atoms with Crippen LogP contribution in [0.25, 0.3) is 0 Å². The van der Waals surface area contributed by atoms with E-state index in [-0.39, 0.29) is 11.8 Å². The molecule has 0 aromatic heterocycles. The number of carbonyl (C=O) groups excluding carboxylic acids is 1. The summed E-state index contributed by atoms with van der Waals surface area (Å²) in [5.41, 5.74) is 3.46. The van der Waals surface area contributed by atoms with Gasteiger partial charge in [0.05, 0.1) is 5.92 Å². The van der Waals surface area contributed by atoms with Crippen LogP contribution in [0, 0.1) is 12.8 Å². The highest BCUT2D eigenvalue weighted by Gasteiger charge is 2.25. The van der Waals surface area contributed by atoms with Gasteiger partial charge in [-0.3, -0.25) is 4.79 Å². The summed E-state index contributed by atoms with van der Waals surface area (Å²) in [6.45, 7) is 6.92. The highest BCUT2D eigenvalue weighted by atomic mass is 16.1. The molecule has 2 aromatic carbocycles. The zero-order valence-electron chi connectivity index (χ0n) is 13.7. The molecule has 2 aromatic rings. The van der Waals surface area contributed by atoms with Crippen molar-refractivity contribution in [3.05, 3.63) is 71.3 Å². The molecule has 2 rings (SSSR count). The van der Waals surface area contributed by atoms with Crippen molar-refractivity contribution in [3.8, 4) is 0 Å². The quantitative estimate of drug-likeness (QED) is 0.838. The molecule has 1 N–H and O–H groups in total. The smallest absolute Gasteiger partial charge is 0.228 e. The molecule has 0 fully saturated rings. The van der Waals surface area contributed by atoms with Gasteiger partial charge >= 0.3 is 0 Å². The van der Waals surface area contributed by atoms with Crippen LogP contribution in [0.2, 0.25) is 0 Å². The van der Waals surface area contributed by atoms with Crippen molar-refractivity contribution in [1.29, 1.82) is 0 Å². The van der Waals surface area contributed by atoms with Crippen LogP contribution in [-0.2, 0) is 11.3 Å². The van der Waals surface area contributed by atoms with Crippen molar-refractivity contribution in [2.24, 2.45) is 5.92 Å². The van der Waals surface area contributed by atoms with E-state index >= 15 is 0 Å². The summed E-state index contributed by atoms with van der Waals surface area (Å²) in [5, 5.41) is 3.09. The van der Waals surface area contributed by atoms with Crippen molar-refractivity contribution in [1.82, 2.24) is 5.32 Å². The molecule has 0 radical (unpaired) electrons. The van der Waals surface area contributed by atoms with Crippen LogP contribution in [0.3, 0.4) is 0 Å². The standard InChI is InChI=1S/C20H25NO/c1-4-16(3)19(18-8-6-5-7-9-18)20(22)21-14-17-12-10-15(2)11-13-17/h5-13,16,19H,4,14H2,1-3H3,(H,21,22)/t16-,19-/m0/s1. The minimum Gasteiger partial charge on any atom is -0.351 e. The molecule has 2 nitrogen and oxygen atoms in total. The number of hydrogen-bond acceptors (Lipinski definition) is 1. The molecular weight excluding hydrogens is 270 g/mol. The molecular formula is C20H25NO. The lowest BCUT2D eigenvalue weighted by atomic mass is 9.85. The molecule has 0 saturated heterocycles. The van der Waals surface area contributed by atoms with E-state index in [1.54, 1.807) is 0 Å². The van der Waals surface area contributed by atoms with Gasteiger partial charge in [0.1, 0.15) is 0 Å². The number of hydrogen-bond donors (Lipinski definition) is 1. The molecule has 0 spiro atoms. The maximum absolute atomic E-state index is 12.7. The number of rotatable bonds is 6. The Morgan fingerprint density at radius 2 is 1.68 bits per heavy atom. The topological polar surface area (TPSA) is 29.1 Å². The van der Waals surface area contributed by atoms with Crippen LogP contribution >= 0.6 is 0 Å². The zero-order valence-corrected chi connectivity index (χ0v) is 13.7. The molecule has 0 aliphatic carbocycles. The van der Waals surface area contributed by atoms with Gasteiger partial charge in [-0.25, -0.2) is 0 Å². The Hall–Kier alpha value is -2.09. The first kappa shape index (κ1) is 16.3. The van der Waals surface area contributed by atoms with E-state index in [0.29, 0.717) is 12.5 Å². The van der Waals surface area contributed by atoms with Gasteiger partial charge in [0, 0.05) is 6.54 Å². The van der Waals surface area contributed by atoms with Gasteiger partial charge in [0.25, 0.3) is 0 Å². The molecule has 116 valence electrons. The van der Waals surface area contributed by atoms with Gasteiger partial charge in [-0.2, -0.15) is 0 Å². The molecule has 0 bridgehead atoms. The second kappa shape index (κ2) is 7.79. The van der Waals surface area contributed by atoms with Crippen LogP contribution in [-0.4, -0.2) is 5.91 Å². The van der Waals surface area contributed by atoms with Crippen LogP contribution in [0.5, 0.6) is 0 Å². The monoisotopic (exact) mass is 295 g/mol. The molecule has 22 heavy (non-hydrogen) atoms. The maximum Gasteiger partial charge on any atom is 0.228 e. The molecule has 2 heteroatoms. The summed E-state index contributed by atoms with van der Waals surface area (Å²) in [4.78, 5) is 12.7. The van der Waals surface area contributed by atoms with Crippen LogP contribution in [0.4, 0.5) is 0 Å². The van der Waals surface area contributed by atoms with E-state index in [1.807, 2.05) is 30.3 Å². The second-order valence-corrected chi connectivity index (χ2v) is 5.98. The summed E-state index contributed by atoms with van der Waals surface area (Å²) in [5.74, 6) is 0.346. The first-order valence-corrected chi connectivity index (χ1v) is 8.00. The van der Waals surface area contributed by atoms with E-state index in [9.17, 15) is 4.79 Å². The number of carbonyl (C=O) groups is 1. The van der Waals surface area contributed by atoms with Crippen LogP contribution in [0.1, 0.15) is 42.9 Å². The summed E-state index contributed by atoms with van der Waals surface area (Å²) >= 11 is 0. The first-order chi connectivity index (χ1) is 10.6. The van der Waals surface area contributed by atoms with E-state index in [1.165, 1.54) is 5.56 Å². The number of aryl methyl sites for hydroxylation is 1. The van der Waals surface area contributed by atoms with Crippen LogP contribution in [0.15, 0.2) is 54.6 Å². The second-order valence-electron chi connectivity index (χ2n) is 5.98. The largest absolute Gasteiger partial charge is 0.351 e. The summed E-state index contributed by atoms with van der Waals surface area (Å²) in [6, 6.07) is 18.4. The van der Waals surface area contributed by atoms with Gasteiger partial charge in [-0.15, -0.1) is 0 Å². The van der Waals surface area contributed by atoms with E-state index < -0.39 is 0 Å². The van der Waals surface area contributed by atoms with E-state index in [0.717, 1.165) is 17.5 Å². The highest BCUT2D eigenvalue weighted by Crippen LogP contribution is 2.27. The Balaban J connectivity index is 2.07. The third kappa shape index (κ3) is 4.20. The molecule has 0 unspecified atom stereocenters. The third-order valence-electron chi connectivity index (χ3n) is 4.24. The lowest BCUT2D eigenvalue weighted by molar-refractivity contribution is -0.123. The average molecular weight is 295 g/mol. The van der Waals surface area contributed by atoms with Crippen molar-refractivity contribution in [3.63, 3.8) is 0 Å². The molecule has 0 aliphatic rings. The van der Waals surface area contributed by atoms with Crippen molar-refractivity contribution < 1.29 is 4.79 Å². The van der Waals surface area contributed by atoms with Crippen molar-refractivity contribution >= 4 is 5.91 Å². The maximum atomic E-state index is 12.7. The summed E-state index contributed by atoms with van der Waals surface area (Å²) < 4.78 is 0. The van der Waals surface area contributed by atoms with Gasteiger partial charge in [0.15, 0.2) is 0 Å². The van der Waals surface area contributed by atoms with E-state index in [2.05, 4.69) is 50.4 Å². The van der Waals surface area contributed by atoms with Gasteiger partial charge in [0.2, 0.25) is 5.91 Å². The van der Waals surface area contributed by atoms with Crippen LogP contribution < -0.4 is 5.32 Å². The SMILES string of the molecule is CC[C@H](C)[C@H](C(=O)NCc1ccc(C)cc1)c1ccccc1. The normalized spacial score (nSPS) is 13.4. The third-order valence-corrected chi connectivity index (χ3v) is 4.24. The summed E-state index contributed by atoms with van der Waals surface area (Å²) in [7, 11) is 0. The Kier molecular flexibility index (Phi) is 5.76. The first-order valence-electron chi connectivity index (χ1n) is 8.00. The Morgan fingerprint density at radius 1 is 1.05 bits per heavy atom. The minimum absolute atomic E-state index is 0.0864. The predicted octanol–water partition coefficient (Wildman–Crippen LogP) is 4.44. The summed E-state index contributed by atoms with van der Waals surface area (Å²) in [6.07, 6.45) is 0.984. The number of nitrogens with one attached hydrogen (secondary N) is 1. The van der Waals surface area contributed by atoms with Crippen molar-refractivity contribution in [2.75, 3.05) is 0 Å². The Labute approximate surface area is 133 Å². The van der Waals surface area contributed by atoms with Gasteiger partial charge in [-0.1, -0.05) is 80.4 Å². The minimum atomic E-state index is -0.0864. The Bertz CT molecular complexity index is 589. The molecule has 0 heterocycles. The fraction of sp³-hybridized carbons (Fsp3) is 0.350. The van der Waals surface area contributed by atoms with E-state index in [4.69, 9.17) is 0 Å². The molecule has 1 amide bonds. The molecule has 0 aliphatic heterocycles. The number of benzene rings is 2. The van der Waals surface area contributed by atoms with Gasteiger partial charge < -0.3 is 5.32 Å². The average Bonchev–Trinajstić information content (AvgIpc) is 2.55. The molecule has 2 atom stereocenters. The highest BCUT2D eigenvalue weighted by molar-refractivity contribution is 5.83.